The van der Waals surface area contributed by atoms with Crippen LogP contribution in [-0.4, -0.2) is 87.5 Å². The Labute approximate surface area is 477 Å². The lowest BCUT2D eigenvalue weighted by molar-refractivity contribution is -0.302. The van der Waals surface area contributed by atoms with Gasteiger partial charge in [-0.3, -0.25) is 4.79 Å². The van der Waals surface area contributed by atoms with E-state index >= 15 is 0 Å². The van der Waals surface area contributed by atoms with Crippen LogP contribution < -0.4 is 5.32 Å². The fourth-order valence-corrected chi connectivity index (χ4v) is 11.5. The van der Waals surface area contributed by atoms with Gasteiger partial charge in [0.05, 0.1) is 25.4 Å². The number of unbranched alkanes of at least 4 members (excludes halogenated alkanes) is 51. The molecular weight excluding hydrogens is 959 g/mol. The van der Waals surface area contributed by atoms with Gasteiger partial charge in [0.15, 0.2) is 6.29 Å². The molecule has 0 aliphatic carbocycles. The number of ether oxygens (including phenoxy) is 2. The molecule has 458 valence electrons. The Balaban J connectivity index is 2.07. The minimum Gasteiger partial charge on any atom is -0.394 e. The average Bonchev–Trinajstić information content (AvgIpc) is 3.43. The molecule has 1 saturated heterocycles. The van der Waals surface area contributed by atoms with Crippen molar-refractivity contribution >= 4 is 5.91 Å². The molecule has 0 spiro atoms. The third-order valence-electron chi connectivity index (χ3n) is 16.9. The summed E-state index contributed by atoms with van der Waals surface area (Å²) in [6.07, 6.45) is 67.5. The van der Waals surface area contributed by atoms with E-state index in [4.69, 9.17) is 9.47 Å². The summed E-state index contributed by atoms with van der Waals surface area (Å²) in [5.41, 5.74) is 0. The highest BCUT2D eigenvalue weighted by Gasteiger charge is 2.44. The fraction of sp³-hybridized carbons (Fsp3) is 0.956. The van der Waals surface area contributed by atoms with Crippen LogP contribution in [0.5, 0.6) is 0 Å². The van der Waals surface area contributed by atoms with E-state index in [1.165, 1.54) is 302 Å². The number of carbonyl (C=O) groups is 1. The maximum Gasteiger partial charge on any atom is 0.220 e. The molecule has 0 radical (unpaired) electrons. The largest absolute Gasteiger partial charge is 0.394 e. The van der Waals surface area contributed by atoms with E-state index in [0.29, 0.717) is 6.42 Å². The van der Waals surface area contributed by atoms with Gasteiger partial charge in [-0.15, -0.1) is 0 Å². The van der Waals surface area contributed by atoms with Crippen molar-refractivity contribution in [3.63, 3.8) is 0 Å². The van der Waals surface area contributed by atoms with E-state index < -0.39 is 49.5 Å². The molecule has 1 amide bonds. The Morgan fingerprint density at radius 3 is 1.01 bits per heavy atom. The Bertz CT molecular complexity index is 1220. The third kappa shape index (κ3) is 47.2. The Morgan fingerprint density at radius 1 is 0.429 bits per heavy atom. The summed E-state index contributed by atoms with van der Waals surface area (Å²) in [7, 11) is 0. The predicted molar refractivity (Wildman–Crippen MR) is 327 cm³/mol. The number of carbonyl (C=O) groups excluding carboxylic acids is 1. The van der Waals surface area contributed by atoms with Crippen LogP contribution >= 0.6 is 0 Å². The Morgan fingerprint density at radius 2 is 0.714 bits per heavy atom. The van der Waals surface area contributed by atoms with Gasteiger partial charge >= 0.3 is 0 Å². The molecule has 1 fully saturated rings. The van der Waals surface area contributed by atoms with Gasteiger partial charge in [-0.2, -0.15) is 0 Å². The van der Waals surface area contributed by atoms with E-state index in [-0.39, 0.29) is 12.5 Å². The molecule has 77 heavy (non-hydrogen) atoms. The topological polar surface area (TPSA) is 149 Å². The van der Waals surface area contributed by atoms with Gasteiger partial charge in [0.25, 0.3) is 0 Å². The molecule has 1 rings (SSSR count). The minimum absolute atomic E-state index is 0.168. The smallest absolute Gasteiger partial charge is 0.220 e. The molecule has 1 heterocycles. The first-order valence-corrected chi connectivity index (χ1v) is 34.4. The van der Waals surface area contributed by atoms with Crippen LogP contribution in [0.2, 0.25) is 0 Å². The standard InChI is InChI=1S/C68H133NO8/c1-3-5-7-9-11-13-15-17-19-21-23-24-25-26-27-28-29-30-31-32-33-34-35-36-37-38-40-42-44-46-48-50-52-54-56-58-64(72)69-61(60-76-68-67(75)66(74)65(73)63(59-70)77-68)62(71)57-55-53-51-49-47-45-43-41-39-22-20-18-16-14-12-10-8-6-4-2/h55,57,61-63,65-68,70-71,73-75H,3-54,56,58-60H2,1-2H3,(H,69,72)/b57-55+. The summed E-state index contributed by atoms with van der Waals surface area (Å²) in [5.74, 6) is -0.168. The number of amides is 1. The van der Waals surface area contributed by atoms with Crippen molar-refractivity contribution in [3.05, 3.63) is 12.2 Å². The Hall–Kier alpha value is -1.07. The number of hydrogen-bond acceptors (Lipinski definition) is 8. The normalized spacial score (nSPS) is 18.7. The molecule has 0 saturated carbocycles. The molecule has 1 aliphatic rings. The fourth-order valence-electron chi connectivity index (χ4n) is 11.5. The Kier molecular flexibility index (Phi) is 55.8. The third-order valence-corrected chi connectivity index (χ3v) is 16.9. The quantitative estimate of drug-likeness (QED) is 0.0261. The van der Waals surface area contributed by atoms with Crippen LogP contribution in [0, 0.1) is 0 Å². The van der Waals surface area contributed by atoms with Gasteiger partial charge in [0.1, 0.15) is 24.4 Å². The molecule has 7 atom stereocenters. The first-order chi connectivity index (χ1) is 37.8. The highest BCUT2D eigenvalue weighted by molar-refractivity contribution is 5.76. The summed E-state index contributed by atoms with van der Waals surface area (Å²) < 4.78 is 11.3. The number of aliphatic hydroxyl groups excluding tert-OH is 5. The molecule has 0 aromatic carbocycles. The molecule has 1 aliphatic heterocycles. The van der Waals surface area contributed by atoms with Gasteiger partial charge < -0.3 is 40.3 Å². The molecule has 9 nitrogen and oxygen atoms in total. The number of aliphatic hydroxyl groups is 5. The van der Waals surface area contributed by atoms with Crippen molar-refractivity contribution in [1.29, 1.82) is 0 Å². The summed E-state index contributed by atoms with van der Waals surface area (Å²) in [5, 5.41) is 54.7. The maximum atomic E-state index is 13.1. The van der Waals surface area contributed by atoms with Crippen LogP contribution in [0.3, 0.4) is 0 Å². The summed E-state index contributed by atoms with van der Waals surface area (Å²) >= 11 is 0. The van der Waals surface area contributed by atoms with Crippen molar-refractivity contribution in [3.8, 4) is 0 Å². The number of rotatable bonds is 61. The van der Waals surface area contributed by atoms with Crippen LogP contribution in [0.25, 0.3) is 0 Å². The average molecular weight is 1090 g/mol. The van der Waals surface area contributed by atoms with Crippen LogP contribution in [0.4, 0.5) is 0 Å². The number of allylic oxidation sites excluding steroid dienone is 1. The van der Waals surface area contributed by atoms with E-state index in [1.807, 2.05) is 6.08 Å². The van der Waals surface area contributed by atoms with E-state index in [9.17, 15) is 30.3 Å². The van der Waals surface area contributed by atoms with Crippen LogP contribution in [0.15, 0.2) is 12.2 Å². The van der Waals surface area contributed by atoms with Gasteiger partial charge in [-0.05, 0) is 19.3 Å². The zero-order chi connectivity index (χ0) is 55.8. The highest BCUT2D eigenvalue weighted by Crippen LogP contribution is 2.24. The lowest BCUT2D eigenvalue weighted by Gasteiger charge is -2.40. The summed E-state index contributed by atoms with van der Waals surface area (Å²) in [4.78, 5) is 13.1. The molecule has 9 heteroatoms. The predicted octanol–water partition coefficient (Wildman–Crippen LogP) is 18.3. The van der Waals surface area contributed by atoms with E-state index in [1.54, 1.807) is 6.08 Å². The SMILES string of the molecule is CCCCCCCCCCCCCCCCCCC/C=C/C(O)C(COC1OC(CO)C(O)C(O)C1O)NC(=O)CCCCCCCCCCCCCCCCCCCCCCCCCCCCCCCCCCCCC. The second kappa shape index (κ2) is 58.1. The highest BCUT2D eigenvalue weighted by atomic mass is 16.7. The molecule has 0 aromatic rings. The van der Waals surface area contributed by atoms with Crippen molar-refractivity contribution in [1.82, 2.24) is 5.32 Å². The van der Waals surface area contributed by atoms with Crippen molar-refractivity contribution in [2.75, 3.05) is 13.2 Å². The molecule has 7 unspecified atom stereocenters. The molecule has 6 N–H and O–H groups in total. The monoisotopic (exact) mass is 1090 g/mol. The van der Waals surface area contributed by atoms with Crippen molar-refractivity contribution in [2.24, 2.45) is 0 Å². The first-order valence-electron chi connectivity index (χ1n) is 34.4. The van der Waals surface area contributed by atoms with Crippen molar-refractivity contribution < 1.29 is 39.8 Å². The summed E-state index contributed by atoms with van der Waals surface area (Å²) in [6.45, 7) is 3.84. The number of hydrogen-bond donors (Lipinski definition) is 6. The second-order valence-electron chi connectivity index (χ2n) is 24.3. The number of nitrogens with one attached hydrogen (secondary N) is 1. The molecule has 0 bridgehead atoms. The minimum atomic E-state index is -1.56. The van der Waals surface area contributed by atoms with Crippen LogP contribution in [0.1, 0.15) is 361 Å². The lowest BCUT2D eigenvalue weighted by Crippen LogP contribution is -2.60. The van der Waals surface area contributed by atoms with Gasteiger partial charge in [0, 0.05) is 6.42 Å². The summed E-state index contributed by atoms with van der Waals surface area (Å²) in [6, 6.07) is -0.801. The zero-order valence-corrected chi connectivity index (χ0v) is 51.3. The molecular formula is C68H133NO8. The van der Waals surface area contributed by atoms with E-state index in [2.05, 4.69) is 19.2 Å². The van der Waals surface area contributed by atoms with Crippen LogP contribution in [-0.2, 0) is 14.3 Å². The van der Waals surface area contributed by atoms with E-state index in [0.717, 1.165) is 38.5 Å². The van der Waals surface area contributed by atoms with Gasteiger partial charge in [-0.1, -0.05) is 347 Å². The second-order valence-corrected chi connectivity index (χ2v) is 24.3. The zero-order valence-electron chi connectivity index (χ0n) is 51.3. The maximum absolute atomic E-state index is 13.1. The first kappa shape index (κ1) is 73.9. The van der Waals surface area contributed by atoms with Gasteiger partial charge in [-0.25, -0.2) is 0 Å². The van der Waals surface area contributed by atoms with Crippen molar-refractivity contribution in [2.45, 2.75) is 403 Å². The van der Waals surface area contributed by atoms with Gasteiger partial charge in [0.2, 0.25) is 5.91 Å². The molecule has 0 aromatic heterocycles. The lowest BCUT2D eigenvalue weighted by atomic mass is 9.99.